The largest absolute Gasteiger partial charge is 0.465 e. The van der Waals surface area contributed by atoms with Gasteiger partial charge in [-0.3, -0.25) is 0 Å². The third-order valence-electron chi connectivity index (χ3n) is 5.62. The van der Waals surface area contributed by atoms with Gasteiger partial charge < -0.3 is 14.0 Å². The molecule has 1 aromatic heterocycles. The minimum atomic E-state index is -3.98. The van der Waals surface area contributed by atoms with E-state index in [0.29, 0.717) is 13.0 Å². The number of imidazole rings is 1. The molecule has 2 aromatic carbocycles. The van der Waals surface area contributed by atoms with E-state index in [2.05, 4.69) is 4.98 Å². The van der Waals surface area contributed by atoms with Gasteiger partial charge >= 0.3 is 11.9 Å². The Morgan fingerprint density at radius 1 is 1.03 bits per heavy atom. The van der Waals surface area contributed by atoms with Crippen LogP contribution in [0.5, 0.6) is 0 Å². The van der Waals surface area contributed by atoms with Gasteiger partial charge in [0.1, 0.15) is 0 Å². The second kappa shape index (κ2) is 8.71. The highest BCUT2D eigenvalue weighted by atomic mass is 32.2. The molecule has 0 radical (unpaired) electrons. The highest BCUT2D eigenvalue weighted by Crippen LogP contribution is 2.30. The quantitative estimate of drug-likeness (QED) is 0.542. The molecule has 32 heavy (non-hydrogen) atoms. The molecule has 1 atom stereocenters. The first-order chi connectivity index (χ1) is 15.3. The molecule has 168 valence electrons. The highest BCUT2D eigenvalue weighted by molar-refractivity contribution is 7.89. The molecule has 4 rings (SSSR count). The number of esters is 2. The van der Waals surface area contributed by atoms with Crippen LogP contribution in [0.1, 0.15) is 39.6 Å². The molecule has 0 N–H and O–H groups in total. The van der Waals surface area contributed by atoms with Crippen molar-refractivity contribution < 1.29 is 27.5 Å². The average Bonchev–Trinajstić information content (AvgIpc) is 3.27. The summed E-state index contributed by atoms with van der Waals surface area (Å²) in [6, 6.07) is 11.3. The lowest BCUT2D eigenvalue weighted by molar-refractivity contribution is 0.0598. The summed E-state index contributed by atoms with van der Waals surface area (Å²) in [5, 5.41) is 0. The number of aromatic nitrogens is 2. The molecule has 9 nitrogen and oxygen atoms in total. The number of carbonyl (C=O) groups is 2. The molecule has 3 aromatic rings. The number of fused-ring (bicyclic) bond motifs is 1. The minimum absolute atomic E-state index is 0.0388. The molecule has 1 fully saturated rings. The Morgan fingerprint density at radius 2 is 1.69 bits per heavy atom. The summed E-state index contributed by atoms with van der Waals surface area (Å²) in [6.45, 7) is 0.584. The summed E-state index contributed by atoms with van der Waals surface area (Å²) < 4.78 is 39.8. The van der Waals surface area contributed by atoms with Crippen LogP contribution in [0.3, 0.4) is 0 Å². The molecule has 0 aliphatic carbocycles. The third-order valence-corrected chi connectivity index (χ3v) is 7.46. The van der Waals surface area contributed by atoms with Crippen molar-refractivity contribution in [2.24, 2.45) is 0 Å². The Morgan fingerprint density at radius 3 is 2.34 bits per heavy atom. The maximum atomic E-state index is 13.5. The molecule has 1 aliphatic heterocycles. The normalized spacial score (nSPS) is 17.2. The van der Waals surface area contributed by atoms with Gasteiger partial charge in [0, 0.05) is 19.1 Å². The average molecular weight is 458 g/mol. The maximum absolute atomic E-state index is 13.5. The van der Waals surface area contributed by atoms with Gasteiger partial charge in [0.2, 0.25) is 10.0 Å². The summed E-state index contributed by atoms with van der Waals surface area (Å²) >= 11 is 0. The fraction of sp³-hybridized carbons (Fsp3) is 0.318. The summed E-state index contributed by atoms with van der Waals surface area (Å²) in [4.78, 5) is 28.4. The Hall–Kier alpha value is -3.24. The predicted octanol–water partition coefficient (Wildman–Crippen LogP) is 2.64. The van der Waals surface area contributed by atoms with Crippen LogP contribution in [0.25, 0.3) is 11.0 Å². The summed E-state index contributed by atoms with van der Waals surface area (Å²) in [6.07, 6.45) is 3.21. The van der Waals surface area contributed by atoms with Crippen LogP contribution in [-0.2, 0) is 19.5 Å². The Labute approximate surface area is 185 Å². The zero-order valence-corrected chi connectivity index (χ0v) is 18.5. The van der Waals surface area contributed by atoms with E-state index in [1.807, 2.05) is 28.8 Å². The number of piperidine rings is 1. The molecule has 10 heteroatoms. The van der Waals surface area contributed by atoms with Crippen molar-refractivity contribution >= 4 is 33.0 Å². The van der Waals surface area contributed by atoms with Crippen LogP contribution in [-0.4, -0.2) is 61.5 Å². The van der Waals surface area contributed by atoms with Crippen LogP contribution in [0.2, 0.25) is 0 Å². The predicted molar refractivity (Wildman–Crippen MR) is 116 cm³/mol. The Bertz CT molecular complexity index is 1250. The maximum Gasteiger partial charge on any atom is 0.337 e. The van der Waals surface area contributed by atoms with E-state index < -0.39 is 22.0 Å². The number of ether oxygens (including phenoxy) is 2. The molecule has 1 aliphatic rings. The first kappa shape index (κ1) is 22.0. The van der Waals surface area contributed by atoms with E-state index in [-0.39, 0.29) is 28.6 Å². The number of rotatable bonds is 5. The van der Waals surface area contributed by atoms with Crippen molar-refractivity contribution in [1.29, 1.82) is 0 Å². The Kier molecular flexibility index (Phi) is 5.98. The first-order valence-corrected chi connectivity index (χ1v) is 11.5. The second-order valence-electron chi connectivity index (χ2n) is 7.53. The van der Waals surface area contributed by atoms with Crippen LogP contribution >= 0.6 is 0 Å². The van der Waals surface area contributed by atoms with Crippen molar-refractivity contribution in [3.63, 3.8) is 0 Å². The third kappa shape index (κ3) is 3.98. The Balaban J connectivity index is 1.69. The van der Waals surface area contributed by atoms with Gasteiger partial charge in [-0.1, -0.05) is 12.1 Å². The molecule has 1 saturated heterocycles. The van der Waals surface area contributed by atoms with E-state index in [9.17, 15) is 18.0 Å². The number of methoxy groups -OCH3 is 2. The lowest BCUT2D eigenvalue weighted by Gasteiger charge is -2.33. The molecule has 1 unspecified atom stereocenters. The van der Waals surface area contributed by atoms with Crippen molar-refractivity contribution in [2.75, 3.05) is 27.3 Å². The molecular formula is C22H23N3O6S. The van der Waals surface area contributed by atoms with Gasteiger partial charge in [0.15, 0.2) is 0 Å². The van der Waals surface area contributed by atoms with E-state index in [1.54, 1.807) is 6.33 Å². The summed E-state index contributed by atoms with van der Waals surface area (Å²) in [5.74, 6) is -1.48. The molecule has 0 bridgehead atoms. The van der Waals surface area contributed by atoms with E-state index in [4.69, 9.17) is 9.47 Å². The van der Waals surface area contributed by atoms with Crippen LogP contribution in [0.15, 0.2) is 53.7 Å². The van der Waals surface area contributed by atoms with Gasteiger partial charge in [-0.05, 0) is 43.2 Å². The van der Waals surface area contributed by atoms with Crippen molar-refractivity contribution in [1.82, 2.24) is 13.9 Å². The zero-order valence-electron chi connectivity index (χ0n) is 17.7. The van der Waals surface area contributed by atoms with Gasteiger partial charge in [-0.25, -0.2) is 23.0 Å². The van der Waals surface area contributed by atoms with E-state index >= 15 is 0 Å². The molecule has 0 amide bonds. The number of hydrogen-bond acceptors (Lipinski definition) is 7. The fourth-order valence-corrected chi connectivity index (χ4v) is 5.59. The SMILES string of the molecule is COC(=O)c1cc(C(=O)OC)cc(S(=O)(=O)N2CCCC(n3cnc4ccccc43)C2)c1. The second-order valence-corrected chi connectivity index (χ2v) is 9.47. The molecule has 0 saturated carbocycles. The molecule has 2 heterocycles. The molecule has 0 spiro atoms. The number of nitrogens with zero attached hydrogens (tertiary/aromatic N) is 3. The van der Waals surface area contributed by atoms with Gasteiger partial charge in [-0.15, -0.1) is 0 Å². The van der Waals surface area contributed by atoms with Crippen molar-refractivity contribution in [3.8, 4) is 0 Å². The summed E-state index contributed by atoms with van der Waals surface area (Å²) in [5.41, 5.74) is 1.71. The highest BCUT2D eigenvalue weighted by Gasteiger charge is 2.32. The topological polar surface area (TPSA) is 108 Å². The number of carbonyl (C=O) groups excluding carboxylic acids is 2. The van der Waals surface area contributed by atoms with Gasteiger partial charge in [0.05, 0.1) is 47.6 Å². The lowest BCUT2D eigenvalue weighted by Crippen LogP contribution is -2.40. The number of hydrogen-bond donors (Lipinski definition) is 0. The standard InChI is InChI=1S/C22H23N3O6S/c1-30-21(26)15-10-16(22(27)31-2)12-18(11-15)32(28,29)24-9-5-6-17(13-24)25-14-23-19-7-3-4-8-20(19)25/h3-4,7-8,10-12,14,17H,5-6,9,13H2,1-2H3. The van der Waals surface area contributed by atoms with E-state index in [1.165, 1.54) is 36.7 Å². The van der Waals surface area contributed by atoms with Gasteiger partial charge in [0.25, 0.3) is 0 Å². The van der Waals surface area contributed by atoms with Crippen LogP contribution < -0.4 is 0 Å². The number of benzene rings is 2. The zero-order chi connectivity index (χ0) is 22.9. The van der Waals surface area contributed by atoms with Crippen LogP contribution in [0.4, 0.5) is 0 Å². The van der Waals surface area contributed by atoms with Crippen molar-refractivity contribution in [3.05, 3.63) is 59.9 Å². The van der Waals surface area contributed by atoms with Crippen molar-refractivity contribution in [2.45, 2.75) is 23.8 Å². The first-order valence-electron chi connectivity index (χ1n) is 10.1. The monoisotopic (exact) mass is 457 g/mol. The van der Waals surface area contributed by atoms with E-state index in [0.717, 1.165) is 17.5 Å². The minimum Gasteiger partial charge on any atom is -0.465 e. The fourth-order valence-electron chi connectivity index (χ4n) is 4.00. The lowest BCUT2D eigenvalue weighted by atomic mass is 10.1. The summed E-state index contributed by atoms with van der Waals surface area (Å²) in [7, 11) is -1.61. The molecular weight excluding hydrogens is 434 g/mol. The smallest absolute Gasteiger partial charge is 0.337 e. The van der Waals surface area contributed by atoms with Gasteiger partial charge in [-0.2, -0.15) is 4.31 Å². The van der Waals surface area contributed by atoms with Crippen LogP contribution in [0, 0.1) is 0 Å². The number of para-hydroxylation sites is 2. The number of sulfonamides is 1.